The van der Waals surface area contributed by atoms with Crippen molar-refractivity contribution in [2.45, 2.75) is 124 Å². The van der Waals surface area contributed by atoms with E-state index in [0.717, 1.165) is 63.3 Å². The Kier molecular flexibility index (Phi) is 10.6. The second-order valence-electron chi connectivity index (χ2n) is 23.4. The Morgan fingerprint density at radius 3 is 2.05 bits per heavy atom. The van der Waals surface area contributed by atoms with Crippen LogP contribution < -0.4 is 14.5 Å². The molecule has 374 valence electrons. The van der Waals surface area contributed by atoms with E-state index in [-0.39, 0.29) is 79.5 Å². The minimum absolute atomic E-state index is 0. The number of hydrogen-bond donors (Lipinski definition) is 0. The fraction of sp³-hybridized carbons (Fsp3) is 0.284. The molecule has 5 nitrogen and oxygen atoms in total. The molecule has 2 aromatic heterocycles. The third kappa shape index (κ3) is 9.11. The molecule has 73 heavy (non-hydrogen) atoms. The van der Waals surface area contributed by atoms with Gasteiger partial charge in [-0.15, -0.1) is 48.1 Å². The van der Waals surface area contributed by atoms with E-state index in [0.29, 0.717) is 62.0 Å². The van der Waals surface area contributed by atoms with Crippen molar-refractivity contribution in [2.24, 2.45) is 0 Å². The number of hydrogen-bond acceptors (Lipinski definition) is 4. The molecule has 0 saturated heterocycles. The van der Waals surface area contributed by atoms with E-state index in [4.69, 9.17) is 15.2 Å². The van der Waals surface area contributed by atoms with E-state index < -0.39 is 5.41 Å². The molecule has 0 atom stereocenters. The van der Waals surface area contributed by atoms with Crippen LogP contribution in [0.15, 0.2) is 152 Å². The van der Waals surface area contributed by atoms with E-state index >= 15 is 0 Å². The Hall–Kier alpha value is -6.42. The number of nitrogens with zero attached hydrogens (tertiary/aromatic N) is 4. The van der Waals surface area contributed by atoms with Crippen LogP contribution in [0.3, 0.4) is 0 Å². The van der Waals surface area contributed by atoms with Gasteiger partial charge in [0.2, 0.25) is 0 Å². The molecule has 2 aliphatic rings. The summed E-state index contributed by atoms with van der Waals surface area (Å²) in [5.74, 6) is 1.44. The molecular weight excluding hydrogens is 1070 g/mol. The van der Waals surface area contributed by atoms with Crippen molar-refractivity contribution in [3.8, 4) is 39.6 Å². The molecule has 1 aliphatic carbocycles. The van der Waals surface area contributed by atoms with Crippen molar-refractivity contribution < 1.29 is 35.4 Å². The van der Waals surface area contributed by atoms with Gasteiger partial charge in [-0.1, -0.05) is 161 Å². The number of ether oxygens (including phenoxy) is 1. The second-order valence-corrected chi connectivity index (χ2v) is 23.4. The van der Waals surface area contributed by atoms with Crippen LogP contribution in [-0.4, -0.2) is 9.55 Å². The largest absolute Gasteiger partial charge is 0.509 e. The predicted molar refractivity (Wildman–Crippen MR) is 302 cm³/mol. The topological polar surface area (TPSA) is 33.5 Å². The van der Waals surface area contributed by atoms with Crippen LogP contribution in [0.4, 0.5) is 22.7 Å². The maximum Gasteiger partial charge on any atom is 0.135 e. The molecule has 11 rings (SSSR count). The summed E-state index contributed by atoms with van der Waals surface area (Å²) in [5, 5.41) is 0.962. The number of anilines is 4. The molecule has 0 N–H and O–H groups in total. The third-order valence-electron chi connectivity index (χ3n) is 14.9. The molecule has 7 aromatic carbocycles. The molecule has 9 aromatic rings. The molecule has 0 unspecified atom stereocenters. The van der Waals surface area contributed by atoms with Gasteiger partial charge in [0.25, 0.3) is 0 Å². The average Bonchev–Trinajstić information content (AvgIpc) is 4.05. The van der Waals surface area contributed by atoms with Gasteiger partial charge in [-0.25, -0.2) is 4.98 Å². The van der Waals surface area contributed by atoms with Gasteiger partial charge < -0.3 is 19.1 Å². The van der Waals surface area contributed by atoms with Crippen molar-refractivity contribution in [2.75, 3.05) is 9.80 Å². The first-order valence-corrected chi connectivity index (χ1v) is 25.3. The fourth-order valence-corrected chi connectivity index (χ4v) is 10.4. The minimum atomic E-state index is -0.397. The Bertz CT molecular complexity index is 3980. The van der Waals surface area contributed by atoms with Crippen molar-refractivity contribution in [3.05, 3.63) is 198 Å². The summed E-state index contributed by atoms with van der Waals surface area (Å²) in [5.41, 5.74) is 10.8. The van der Waals surface area contributed by atoms with Crippen molar-refractivity contribution in [3.63, 3.8) is 0 Å². The molecular formula is C67H67N4OPt-3. The molecule has 0 radical (unpaired) electrons. The molecule has 0 fully saturated rings. The number of aromatic nitrogens is 2. The van der Waals surface area contributed by atoms with Crippen molar-refractivity contribution in [1.29, 1.82) is 0 Å². The van der Waals surface area contributed by atoms with Gasteiger partial charge in [0.05, 0.1) is 9.60 Å². The zero-order chi connectivity index (χ0) is 56.6. The Balaban J connectivity index is 0.00000720. The van der Waals surface area contributed by atoms with Crippen LogP contribution >= 0.6 is 0 Å². The summed E-state index contributed by atoms with van der Waals surface area (Å²) >= 11 is 0. The Morgan fingerprint density at radius 2 is 1.33 bits per heavy atom. The number of pyridine rings is 1. The maximum atomic E-state index is 10.3. The summed E-state index contributed by atoms with van der Waals surface area (Å²) < 4.78 is 73.9. The van der Waals surface area contributed by atoms with Gasteiger partial charge in [-0.3, -0.25) is 0 Å². The first-order chi connectivity index (χ1) is 37.2. The Morgan fingerprint density at radius 1 is 0.658 bits per heavy atom. The number of rotatable bonds is 8. The van der Waals surface area contributed by atoms with Crippen LogP contribution in [0.25, 0.3) is 49.9 Å². The third-order valence-corrected chi connectivity index (χ3v) is 14.9. The summed E-state index contributed by atoms with van der Waals surface area (Å²) in [6, 6.07) is 41.1. The predicted octanol–water partition coefficient (Wildman–Crippen LogP) is 18.4. The molecule has 0 bridgehead atoms. The molecule has 3 heterocycles. The van der Waals surface area contributed by atoms with Gasteiger partial charge in [0.1, 0.15) is 5.82 Å². The zero-order valence-corrected chi connectivity index (χ0v) is 46.2. The quantitative estimate of drug-likeness (QED) is 0.142. The van der Waals surface area contributed by atoms with E-state index in [1.807, 2.05) is 48.5 Å². The summed E-state index contributed by atoms with van der Waals surface area (Å²) in [6.07, 6.45) is 3.44. The summed E-state index contributed by atoms with van der Waals surface area (Å²) in [4.78, 5) is 8.98. The number of fused-ring (bicyclic) bond motifs is 5. The SMILES string of the molecule is [2H]c1c([2H])c2c(c([2H])c1-c1cc(C(C)(C)C)cc(-c3cccc(C(C)(C)C)c3)c1N1[CH-]N(c3[c-]c(Oc4[c-]c5c(cc4)c4c([2H])c([2H])c([2H])c([2H])c4n5-c4cc(C(C)C)ccn4)ccc3)c3ccccc31)C(C)(C)CCC2(C)C.[Pt]. The number of benzene rings is 7. The average molecular weight is 1150 g/mol. The summed E-state index contributed by atoms with van der Waals surface area (Å²) in [7, 11) is 0. The summed E-state index contributed by atoms with van der Waals surface area (Å²) in [6.45, 7) is 28.2. The molecule has 6 heteroatoms. The van der Waals surface area contributed by atoms with Gasteiger partial charge in [-0.2, -0.15) is 12.1 Å². The number of para-hydroxylation sites is 3. The Labute approximate surface area is 458 Å². The normalized spacial score (nSPS) is 16.5. The maximum absolute atomic E-state index is 10.3. The second kappa shape index (κ2) is 18.5. The van der Waals surface area contributed by atoms with Crippen LogP contribution in [0, 0.1) is 18.8 Å². The van der Waals surface area contributed by atoms with Gasteiger partial charge >= 0.3 is 0 Å². The van der Waals surface area contributed by atoms with E-state index in [1.165, 1.54) is 5.56 Å². The van der Waals surface area contributed by atoms with Crippen LogP contribution in [0.1, 0.15) is 139 Å². The van der Waals surface area contributed by atoms with Crippen LogP contribution in [0.5, 0.6) is 11.5 Å². The first kappa shape index (κ1) is 42.0. The van der Waals surface area contributed by atoms with Gasteiger partial charge in [-0.05, 0) is 127 Å². The monoisotopic (exact) mass is 1150 g/mol. The first-order valence-electron chi connectivity index (χ1n) is 28.8. The zero-order valence-electron chi connectivity index (χ0n) is 51.0. The van der Waals surface area contributed by atoms with E-state index in [9.17, 15) is 4.11 Å². The van der Waals surface area contributed by atoms with Crippen molar-refractivity contribution in [1.82, 2.24) is 9.55 Å². The van der Waals surface area contributed by atoms with Crippen LogP contribution in [-0.2, 0) is 42.7 Å². The van der Waals surface area contributed by atoms with Crippen LogP contribution in [0.2, 0.25) is 0 Å². The van der Waals surface area contributed by atoms with Gasteiger partial charge in [0, 0.05) is 72.5 Å². The smallest absolute Gasteiger partial charge is 0.135 e. The van der Waals surface area contributed by atoms with E-state index in [1.54, 1.807) is 16.8 Å². The molecule has 1 aliphatic heterocycles. The molecule has 0 amide bonds. The van der Waals surface area contributed by atoms with Crippen molar-refractivity contribution >= 4 is 44.6 Å². The fourth-order valence-electron chi connectivity index (χ4n) is 10.4. The molecule has 0 spiro atoms. The van der Waals surface area contributed by atoms with Gasteiger partial charge in [0.15, 0.2) is 0 Å². The van der Waals surface area contributed by atoms with E-state index in [2.05, 4.69) is 160 Å². The minimum Gasteiger partial charge on any atom is -0.509 e. The standard InChI is InChI=1S/C67H67N4O.Pt/c1-43(2)44-31-34-68-62(37-44)71-58-24-14-13-23-52(58)53-29-28-51(41-61(53)71)72-50-22-18-21-49(40-50)69-42-70(60-26-16-15-25-59(60)69)63-54(45-19-17-20-47(35-45)64(3,4)5)38-48(65(6,7)8)39-55(63)46-27-30-56-57(36-46)67(11,12)33-32-66(56,9)10;/h13-31,34-39,42-43H,32-33H2,1-12H3;/q-3;/i13D,14D,23D,24D,27D,30D,36D;. The molecule has 0 saturated carbocycles.